The van der Waals surface area contributed by atoms with Crippen LogP contribution in [0.15, 0.2) is 0 Å². The zero-order valence-corrected chi connectivity index (χ0v) is 10.7. The lowest BCUT2D eigenvalue weighted by molar-refractivity contribution is -0.125. The Balaban J connectivity index is 0.00000225. The van der Waals surface area contributed by atoms with Crippen LogP contribution in [0.5, 0.6) is 0 Å². The molecule has 16 heavy (non-hydrogen) atoms. The average Bonchev–Trinajstić information content (AvgIpc) is 3.04. The van der Waals surface area contributed by atoms with Crippen LogP contribution in [0.25, 0.3) is 0 Å². The Hall–Kier alpha value is -0.320. The third kappa shape index (κ3) is 7.04. The van der Waals surface area contributed by atoms with E-state index in [-0.39, 0.29) is 31.0 Å². The summed E-state index contributed by atoms with van der Waals surface area (Å²) in [5.74, 6) is 0.577. The third-order valence-corrected chi connectivity index (χ3v) is 2.64. The van der Waals surface area contributed by atoms with Crippen molar-refractivity contribution >= 4 is 18.3 Å². The van der Waals surface area contributed by atoms with Gasteiger partial charge in [-0.2, -0.15) is 0 Å². The van der Waals surface area contributed by atoms with Crippen molar-refractivity contribution in [3.63, 3.8) is 0 Å². The first-order chi connectivity index (χ1) is 7.24. The number of hydrogen-bond donors (Lipinski definition) is 2. The van der Waals surface area contributed by atoms with Crippen molar-refractivity contribution in [1.82, 2.24) is 5.32 Å². The van der Waals surface area contributed by atoms with E-state index in [4.69, 9.17) is 10.5 Å². The standard InChI is InChI=1S/C11H22N2O2.ClH/c1-2-3-6-15-8-11(14)13-7-10(12)9-4-5-9;/h9-10H,2-8,12H2,1H3,(H,13,14);1H. The molecule has 1 aliphatic rings. The van der Waals surface area contributed by atoms with Gasteiger partial charge in [0, 0.05) is 19.2 Å². The highest BCUT2D eigenvalue weighted by molar-refractivity contribution is 5.85. The molecule has 1 aliphatic carbocycles. The fourth-order valence-electron chi connectivity index (χ4n) is 1.39. The van der Waals surface area contributed by atoms with Crippen LogP contribution in [0.3, 0.4) is 0 Å². The van der Waals surface area contributed by atoms with Gasteiger partial charge in [0.15, 0.2) is 0 Å². The molecular formula is C11H23ClN2O2. The number of ether oxygens (including phenoxy) is 1. The van der Waals surface area contributed by atoms with Crippen LogP contribution in [-0.2, 0) is 9.53 Å². The second kappa shape index (κ2) is 8.79. The summed E-state index contributed by atoms with van der Waals surface area (Å²) >= 11 is 0. The van der Waals surface area contributed by atoms with E-state index in [0.29, 0.717) is 19.1 Å². The maximum Gasteiger partial charge on any atom is 0.246 e. The number of carbonyl (C=O) groups is 1. The van der Waals surface area contributed by atoms with E-state index in [1.807, 2.05) is 0 Å². The maximum absolute atomic E-state index is 11.3. The molecular weight excluding hydrogens is 228 g/mol. The fourth-order valence-corrected chi connectivity index (χ4v) is 1.39. The highest BCUT2D eigenvalue weighted by Gasteiger charge is 2.28. The lowest BCUT2D eigenvalue weighted by atomic mass is 10.2. The number of halogens is 1. The van der Waals surface area contributed by atoms with Crippen LogP contribution < -0.4 is 11.1 Å². The van der Waals surface area contributed by atoms with Crippen molar-refractivity contribution in [1.29, 1.82) is 0 Å². The van der Waals surface area contributed by atoms with Gasteiger partial charge in [-0.1, -0.05) is 13.3 Å². The quantitative estimate of drug-likeness (QED) is 0.634. The first kappa shape index (κ1) is 15.7. The van der Waals surface area contributed by atoms with Gasteiger partial charge in [0.25, 0.3) is 0 Å². The molecule has 1 fully saturated rings. The molecule has 0 saturated heterocycles. The van der Waals surface area contributed by atoms with Crippen molar-refractivity contribution in [2.24, 2.45) is 11.7 Å². The van der Waals surface area contributed by atoms with Gasteiger partial charge in [-0.3, -0.25) is 4.79 Å². The molecule has 0 aromatic heterocycles. The summed E-state index contributed by atoms with van der Waals surface area (Å²) in [7, 11) is 0. The molecule has 4 nitrogen and oxygen atoms in total. The molecule has 1 saturated carbocycles. The minimum atomic E-state index is -0.0535. The number of hydrogen-bond acceptors (Lipinski definition) is 3. The zero-order chi connectivity index (χ0) is 11.1. The van der Waals surface area contributed by atoms with E-state index in [1.54, 1.807) is 0 Å². The van der Waals surface area contributed by atoms with E-state index < -0.39 is 0 Å². The Morgan fingerprint density at radius 3 is 2.81 bits per heavy atom. The van der Waals surface area contributed by atoms with Crippen LogP contribution in [0.2, 0.25) is 0 Å². The van der Waals surface area contributed by atoms with Gasteiger partial charge in [0.2, 0.25) is 5.91 Å². The molecule has 1 atom stereocenters. The van der Waals surface area contributed by atoms with E-state index in [2.05, 4.69) is 12.2 Å². The predicted octanol–water partition coefficient (Wildman–Crippen LogP) is 1.08. The van der Waals surface area contributed by atoms with Crippen molar-refractivity contribution in [2.45, 2.75) is 38.6 Å². The molecule has 0 spiro atoms. The van der Waals surface area contributed by atoms with Crippen molar-refractivity contribution in [3.05, 3.63) is 0 Å². The summed E-state index contributed by atoms with van der Waals surface area (Å²) < 4.78 is 5.19. The maximum atomic E-state index is 11.3. The highest BCUT2D eigenvalue weighted by Crippen LogP contribution is 2.31. The third-order valence-electron chi connectivity index (χ3n) is 2.64. The molecule has 0 aromatic carbocycles. The van der Waals surface area contributed by atoms with Crippen LogP contribution in [0, 0.1) is 5.92 Å². The minimum absolute atomic E-state index is 0. The molecule has 96 valence electrons. The van der Waals surface area contributed by atoms with Gasteiger partial charge in [-0.25, -0.2) is 0 Å². The SMILES string of the molecule is CCCCOCC(=O)NCC(N)C1CC1.Cl. The molecule has 1 amide bonds. The van der Waals surface area contributed by atoms with Crippen LogP contribution >= 0.6 is 12.4 Å². The van der Waals surface area contributed by atoms with Crippen LogP contribution in [0.4, 0.5) is 0 Å². The molecule has 0 bridgehead atoms. The van der Waals surface area contributed by atoms with Gasteiger partial charge in [-0.15, -0.1) is 12.4 Å². The van der Waals surface area contributed by atoms with Crippen molar-refractivity contribution in [3.8, 4) is 0 Å². The van der Waals surface area contributed by atoms with Gasteiger partial charge in [0.05, 0.1) is 0 Å². The van der Waals surface area contributed by atoms with E-state index in [0.717, 1.165) is 12.8 Å². The topological polar surface area (TPSA) is 64.3 Å². The average molecular weight is 251 g/mol. The number of nitrogens with two attached hydrogens (primary N) is 1. The smallest absolute Gasteiger partial charge is 0.246 e. The number of amides is 1. The Kier molecular flexibility index (Phi) is 8.61. The summed E-state index contributed by atoms with van der Waals surface area (Å²) in [4.78, 5) is 11.3. The molecule has 0 radical (unpaired) electrons. The van der Waals surface area contributed by atoms with Crippen LogP contribution in [-0.4, -0.2) is 31.7 Å². The Bertz CT molecular complexity index is 198. The van der Waals surface area contributed by atoms with Gasteiger partial charge in [0.1, 0.15) is 6.61 Å². The normalized spacial score (nSPS) is 16.4. The summed E-state index contributed by atoms with van der Waals surface area (Å²) in [5.41, 5.74) is 5.85. The number of unbranched alkanes of at least 4 members (excludes halogenated alkanes) is 1. The first-order valence-electron chi connectivity index (χ1n) is 5.84. The first-order valence-corrected chi connectivity index (χ1v) is 5.84. The Morgan fingerprint density at radius 1 is 1.56 bits per heavy atom. The van der Waals surface area contributed by atoms with Gasteiger partial charge >= 0.3 is 0 Å². The van der Waals surface area contributed by atoms with Gasteiger partial charge in [-0.05, 0) is 25.2 Å². The summed E-state index contributed by atoms with van der Waals surface area (Å²) in [6.07, 6.45) is 4.52. The zero-order valence-electron chi connectivity index (χ0n) is 9.91. The minimum Gasteiger partial charge on any atom is -0.372 e. The fraction of sp³-hybridized carbons (Fsp3) is 0.909. The molecule has 0 heterocycles. The molecule has 3 N–H and O–H groups in total. The Morgan fingerprint density at radius 2 is 2.25 bits per heavy atom. The lowest BCUT2D eigenvalue weighted by Gasteiger charge is -2.11. The Labute approximate surface area is 104 Å². The molecule has 1 unspecified atom stereocenters. The lowest BCUT2D eigenvalue weighted by Crippen LogP contribution is -2.40. The van der Waals surface area contributed by atoms with E-state index >= 15 is 0 Å². The van der Waals surface area contributed by atoms with Crippen molar-refractivity contribution in [2.75, 3.05) is 19.8 Å². The second-order valence-electron chi connectivity index (χ2n) is 4.21. The summed E-state index contributed by atoms with van der Waals surface area (Å²) in [6.45, 7) is 3.51. The predicted molar refractivity (Wildman–Crippen MR) is 66.7 cm³/mol. The number of nitrogens with one attached hydrogen (secondary N) is 1. The van der Waals surface area contributed by atoms with Gasteiger partial charge < -0.3 is 15.8 Å². The second-order valence-corrected chi connectivity index (χ2v) is 4.21. The van der Waals surface area contributed by atoms with E-state index in [9.17, 15) is 4.79 Å². The largest absolute Gasteiger partial charge is 0.372 e. The molecule has 1 rings (SSSR count). The van der Waals surface area contributed by atoms with Crippen LogP contribution in [0.1, 0.15) is 32.6 Å². The molecule has 0 aromatic rings. The highest BCUT2D eigenvalue weighted by atomic mass is 35.5. The summed E-state index contributed by atoms with van der Waals surface area (Å²) in [6, 6.07) is 0.129. The number of rotatable bonds is 8. The van der Waals surface area contributed by atoms with E-state index in [1.165, 1.54) is 12.8 Å². The molecule has 5 heteroatoms. The molecule has 0 aliphatic heterocycles. The summed E-state index contributed by atoms with van der Waals surface area (Å²) in [5, 5.41) is 2.79. The monoisotopic (exact) mass is 250 g/mol. The van der Waals surface area contributed by atoms with Crippen molar-refractivity contribution < 1.29 is 9.53 Å². The number of carbonyl (C=O) groups excluding carboxylic acids is 1.